The number of aliphatic hydroxyl groups is 1. The second-order valence-electron chi connectivity index (χ2n) is 5.41. The van der Waals surface area contributed by atoms with Gasteiger partial charge in [-0.2, -0.15) is 0 Å². The Labute approximate surface area is 130 Å². The van der Waals surface area contributed by atoms with Gasteiger partial charge in [0.2, 0.25) is 0 Å². The number of benzene rings is 1. The van der Waals surface area contributed by atoms with Gasteiger partial charge in [-0.3, -0.25) is 9.69 Å². The van der Waals surface area contributed by atoms with Crippen LogP contribution >= 0.6 is 0 Å². The summed E-state index contributed by atoms with van der Waals surface area (Å²) in [6.07, 6.45) is -0.501. The Morgan fingerprint density at radius 1 is 1.27 bits per heavy atom. The van der Waals surface area contributed by atoms with Crippen molar-refractivity contribution in [2.75, 3.05) is 45.9 Å². The third kappa shape index (κ3) is 4.76. The number of rotatable bonds is 6. The normalized spacial score (nSPS) is 17.5. The summed E-state index contributed by atoms with van der Waals surface area (Å²) in [6.45, 7) is 6.04. The minimum atomic E-state index is -0.501. The third-order valence-electron chi connectivity index (χ3n) is 3.73. The zero-order valence-corrected chi connectivity index (χ0v) is 12.9. The molecule has 1 amide bonds. The molecule has 1 fully saturated rings. The van der Waals surface area contributed by atoms with Crippen molar-refractivity contribution < 1.29 is 19.0 Å². The monoisotopic (exact) mass is 310 g/mol. The highest BCUT2D eigenvalue weighted by Crippen LogP contribution is 2.10. The highest BCUT2D eigenvalue weighted by molar-refractivity contribution is 5.94. The van der Waals surface area contributed by atoms with Crippen LogP contribution in [0.25, 0.3) is 0 Å². The number of amides is 1. The van der Waals surface area contributed by atoms with Crippen LogP contribution in [0.5, 0.6) is 0 Å². The van der Waals surface area contributed by atoms with Crippen molar-refractivity contribution >= 4 is 5.91 Å². The van der Waals surface area contributed by atoms with Crippen LogP contribution in [0.15, 0.2) is 24.3 Å². The summed E-state index contributed by atoms with van der Waals surface area (Å²) in [5, 5.41) is 9.83. The Kier molecular flexibility index (Phi) is 6.30. The lowest BCUT2D eigenvalue weighted by Gasteiger charge is -2.35. The molecule has 5 nitrogen and oxygen atoms in total. The van der Waals surface area contributed by atoms with Gasteiger partial charge in [-0.25, -0.2) is 4.39 Å². The van der Waals surface area contributed by atoms with E-state index in [0.29, 0.717) is 38.4 Å². The number of nitrogens with zero attached hydrogens (tertiary/aromatic N) is 2. The molecule has 0 aromatic heterocycles. The Hall–Kier alpha value is -1.50. The van der Waals surface area contributed by atoms with Gasteiger partial charge in [0.05, 0.1) is 12.7 Å². The summed E-state index contributed by atoms with van der Waals surface area (Å²) < 4.78 is 18.1. The molecule has 6 heteroatoms. The molecule has 1 aromatic rings. The summed E-state index contributed by atoms with van der Waals surface area (Å²) in [5.74, 6) is -0.417. The summed E-state index contributed by atoms with van der Waals surface area (Å²) in [5.41, 5.74) is 0.506. The van der Waals surface area contributed by atoms with Crippen LogP contribution in [0, 0.1) is 5.82 Å². The number of carbonyl (C=O) groups excluding carboxylic acids is 1. The summed E-state index contributed by atoms with van der Waals surface area (Å²) in [7, 11) is 0. The van der Waals surface area contributed by atoms with Crippen molar-refractivity contribution in [1.29, 1.82) is 0 Å². The van der Waals surface area contributed by atoms with Gasteiger partial charge in [0.25, 0.3) is 5.91 Å². The average Bonchev–Trinajstić information content (AvgIpc) is 2.54. The maximum atomic E-state index is 12.9. The fourth-order valence-corrected chi connectivity index (χ4v) is 2.51. The van der Waals surface area contributed by atoms with E-state index in [1.807, 2.05) is 6.92 Å². The Bertz CT molecular complexity index is 473. The largest absolute Gasteiger partial charge is 0.389 e. The van der Waals surface area contributed by atoms with E-state index in [0.717, 1.165) is 13.1 Å². The molecule has 1 aliphatic rings. The predicted molar refractivity (Wildman–Crippen MR) is 81.2 cm³/mol. The smallest absolute Gasteiger partial charge is 0.253 e. The summed E-state index contributed by atoms with van der Waals surface area (Å²) in [6, 6.07) is 5.62. The topological polar surface area (TPSA) is 53.0 Å². The highest BCUT2D eigenvalue weighted by atomic mass is 19.1. The van der Waals surface area contributed by atoms with Crippen molar-refractivity contribution in [2.45, 2.75) is 13.0 Å². The number of carbonyl (C=O) groups is 1. The molecular formula is C16H23FN2O3. The molecule has 0 bridgehead atoms. The van der Waals surface area contributed by atoms with Gasteiger partial charge < -0.3 is 14.7 Å². The third-order valence-corrected chi connectivity index (χ3v) is 3.73. The Morgan fingerprint density at radius 2 is 1.91 bits per heavy atom. The SMILES string of the molecule is CCOCC(O)CN1CCN(C(=O)c2ccc(F)cc2)CC1. The first kappa shape index (κ1) is 16.9. The molecule has 1 saturated heterocycles. The van der Waals surface area contributed by atoms with Gasteiger partial charge in [0, 0.05) is 44.9 Å². The second-order valence-corrected chi connectivity index (χ2v) is 5.41. The zero-order valence-electron chi connectivity index (χ0n) is 12.9. The molecular weight excluding hydrogens is 287 g/mol. The first-order chi connectivity index (χ1) is 10.6. The van der Waals surface area contributed by atoms with E-state index in [1.165, 1.54) is 24.3 Å². The molecule has 1 atom stereocenters. The van der Waals surface area contributed by atoms with Crippen LogP contribution in [-0.2, 0) is 4.74 Å². The van der Waals surface area contributed by atoms with Crippen molar-refractivity contribution in [1.82, 2.24) is 9.80 Å². The van der Waals surface area contributed by atoms with Crippen LogP contribution in [0.2, 0.25) is 0 Å². The zero-order chi connectivity index (χ0) is 15.9. The number of hydrogen-bond acceptors (Lipinski definition) is 4. The molecule has 1 aromatic carbocycles. The maximum absolute atomic E-state index is 12.9. The Balaban J connectivity index is 1.79. The number of hydrogen-bond donors (Lipinski definition) is 1. The van der Waals surface area contributed by atoms with Crippen molar-refractivity contribution in [3.05, 3.63) is 35.6 Å². The average molecular weight is 310 g/mol. The van der Waals surface area contributed by atoms with Gasteiger partial charge in [-0.15, -0.1) is 0 Å². The number of halogens is 1. The lowest BCUT2D eigenvalue weighted by molar-refractivity contribution is 0.0111. The minimum Gasteiger partial charge on any atom is -0.389 e. The molecule has 1 unspecified atom stereocenters. The predicted octanol–water partition coefficient (Wildman–Crippen LogP) is 0.981. The lowest BCUT2D eigenvalue weighted by atomic mass is 10.1. The standard InChI is InChI=1S/C16H23FN2O3/c1-2-22-12-15(20)11-18-7-9-19(10-8-18)16(21)13-3-5-14(17)6-4-13/h3-6,15,20H,2,7-12H2,1H3. The Morgan fingerprint density at radius 3 is 2.50 bits per heavy atom. The fraction of sp³-hybridized carbons (Fsp3) is 0.562. The van der Waals surface area contributed by atoms with Crippen LogP contribution in [0.1, 0.15) is 17.3 Å². The summed E-state index contributed by atoms with van der Waals surface area (Å²) >= 11 is 0. The van der Waals surface area contributed by atoms with E-state index in [9.17, 15) is 14.3 Å². The van der Waals surface area contributed by atoms with Crippen LogP contribution in [0.3, 0.4) is 0 Å². The second kappa shape index (κ2) is 8.22. The van der Waals surface area contributed by atoms with Crippen LogP contribution in [-0.4, -0.2) is 72.9 Å². The lowest BCUT2D eigenvalue weighted by Crippen LogP contribution is -2.50. The van der Waals surface area contributed by atoms with Gasteiger partial charge in [-0.1, -0.05) is 0 Å². The molecule has 0 aliphatic carbocycles. The highest BCUT2D eigenvalue weighted by Gasteiger charge is 2.23. The van der Waals surface area contributed by atoms with Crippen LogP contribution in [0.4, 0.5) is 4.39 Å². The van der Waals surface area contributed by atoms with E-state index in [-0.39, 0.29) is 11.7 Å². The first-order valence-electron chi connectivity index (χ1n) is 7.63. The van der Waals surface area contributed by atoms with Gasteiger partial charge in [0.15, 0.2) is 0 Å². The number of piperazine rings is 1. The fourth-order valence-electron chi connectivity index (χ4n) is 2.51. The number of aliphatic hydroxyl groups excluding tert-OH is 1. The molecule has 0 spiro atoms. The van der Waals surface area contributed by atoms with E-state index < -0.39 is 6.10 Å². The molecule has 1 aliphatic heterocycles. The molecule has 22 heavy (non-hydrogen) atoms. The number of ether oxygens (including phenoxy) is 1. The van der Waals surface area contributed by atoms with Gasteiger partial charge >= 0.3 is 0 Å². The maximum Gasteiger partial charge on any atom is 0.253 e. The quantitative estimate of drug-likeness (QED) is 0.851. The van der Waals surface area contributed by atoms with Gasteiger partial charge in [0.1, 0.15) is 5.82 Å². The van der Waals surface area contributed by atoms with Gasteiger partial charge in [-0.05, 0) is 31.2 Å². The molecule has 122 valence electrons. The molecule has 0 saturated carbocycles. The molecule has 1 heterocycles. The van der Waals surface area contributed by atoms with Crippen LogP contribution < -0.4 is 0 Å². The summed E-state index contributed by atoms with van der Waals surface area (Å²) in [4.78, 5) is 16.2. The molecule has 2 rings (SSSR count). The van der Waals surface area contributed by atoms with E-state index in [1.54, 1.807) is 4.90 Å². The number of β-amino-alcohol motifs (C(OH)–C–C–N with tert-alkyl or cyclic N) is 1. The first-order valence-corrected chi connectivity index (χ1v) is 7.63. The van der Waals surface area contributed by atoms with Crippen molar-refractivity contribution in [2.24, 2.45) is 0 Å². The van der Waals surface area contributed by atoms with E-state index >= 15 is 0 Å². The van der Waals surface area contributed by atoms with E-state index in [4.69, 9.17) is 4.74 Å². The van der Waals surface area contributed by atoms with E-state index in [2.05, 4.69) is 4.90 Å². The minimum absolute atomic E-state index is 0.0745. The molecule has 0 radical (unpaired) electrons. The van der Waals surface area contributed by atoms with Crippen molar-refractivity contribution in [3.8, 4) is 0 Å². The van der Waals surface area contributed by atoms with Crippen molar-refractivity contribution in [3.63, 3.8) is 0 Å². The molecule has 1 N–H and O–H groups in total.